The highest BCUT2D eigenvalue weighted by Gasteiger charge is 2.08. The Bertz CT molecular complexity index is 602. The maximum absolute atomic E-state index is 11.7. The first kappa shape index (κ1) is 14.6. The molecule has 1 heterocycles. The second kappa shape index (κ2) is 7.14. The third-order valence-electron chi connectivity index (χ3n) is 2.75. The number of hydrogen-bond donors (Lipinski definition) is 1. The second-order valence-electron chi connectivity index (χ2n) is 4.13. The first-order chi connectivity index (χ1) is 10.2. The number of rotatable bonds is 5. The number of ether oxygens (including phenoxy) is 3. The number of carbonyl (C=O) groups excluding carboxylic acids is 1. The van der Waals surface area contributed by atoms with E-state index in [4.69, 9.17) is 14.2 Å². The zero-order chi connectivity index (χ0) is 15.1. The Morgan fingerprint density at radius 2 is 1.81 bits per heavy atom. The van der Waals surface area contributed by atoms with Gasteiger partial charge in [-0.3, -0.25) is 10.3 Å². The van der Waals surface area contributed by atoms with E-state index < -0.39 is 6.09 Å². The first-order valence-corrected chi connectivity index (χ1v) is 6.27. The molecular weight excluding hydrogens is 272 g/mol. The van der Waals surface area contributed by atoms with Crippen LogP contribution in [0.3, 0.4) is 0 Å². The zero-order valence-corrected chi connectivity index (χ0v) is 11.8. The summed E-state index contributed by atoms with van der Waals surface area (Å²) in [6.45, 7) is 0.182. The van der Waals surface area contributed by atoms with Crippen molar-refractivity contribution >= 4 is 11.8 Å². The van der Waals surface area contributed by atoms with Gasteiger partial charge < -0.3 is 14.2 Å². The van der Waals surface area contributed by atoms with Crippen molar-refractivity contribution in [3.8, 4) is 11.5 Å². The van der Waals surface area contributed by atoms with Crippen LogP contribution < -0.4 is 14.8 Å². The van der Waals surface area contributed by atoms with Gasteiger partial charge in [0.15, 0.2) is 11.5 Å². The Labute approximate surface area is 122 Å². The molecule has 6 nitrogen and oxygen atoms in total. The smallest absolute Gasteiger partial charge is 0.411 e. The maximum atomic E-state index is 11.7. The lowest BCUT2D eigenvalue weighted by Crippen LogP contribution is -2.13. The SMILES string of the molecule is COc1ccc(NC(=O)OCc2ccncc2)cc1OC. The van der Waals surface area contributed by atoms with Gasteiger partial charge in [-0.25, -0.2) is 4.79 Å². The molecule has 1 amide bonds. The Kier molecular flexibility index (Phi) is 4.98. The summed E-state index contributed by atoms with van der Waals surface area (Å²) in [5, 5.41) is 2.63. The maximum Gasteiger partial charge on any atom is 0.411 e. The van der Waals surface area contributed by atoms with Gasteiger partial charge in [0.1, 0.15) is 6.61 Å². The van der Waals surface area contributed by atoms with Gasteiger partial charge in [-0.05, 0) is 29.8 Å². The summed E-state index contributed by atoms with van der Waals surface area (Å²) in [6.07, 6.45) is 2.75. The van der Waals surface area contributed by atoms with Crippen molar-refractivity contribution in [3.63, 3.8) is 0 Å². The van der Waals surface area contributed by atoms with Gasteiger partial charge in [0.05, 0.1) is 14.2 Å². The normalized spacial score (nSPS) is 9.81. The van der Waals surface area contributed by atoms with Crippen molar-refractivity contribution in [2.75, 3.05) is 19.5 Å². The highest BCUT2D eigenvalue weighted by atomic mass is 16.5. The molecule has 0 radical (unpaired) electrons. The zero-order valence-electron chi connectivity index (χ0n) is 11.8. The lowest BCUT2D eigenvalue weighted by molar-refractivity contribution is 0.155. The number of anilines is 1. The minimum absolute atomic E-state index is 0.182. The molecule has 2 rings (SSSR count). The molecule has 21 heavy (non-hydrogen) atoms. The topological polar surface area (TPSA) is 69.7 Å². The van der Waals surface area contributed by atoms with E-state index >= 15 is 0 Å². The largest absolute Gasteiger partial charge is 0.493 e. The molecule has 1 aromatic carbocycles. The second-order valence-corrected chi connectivity index (χ2v) is 4.13. The van der Waals surface area contributed by atoms with E-state index in [-0.39, 0.29) is 6.61 Å². The van der Waals surface area contributed by atoms with E-state index in [9.17, 15) is 4.79 Å². The van der Waals surface area contributed by atoms with Crippen molar-refractivity contribution in [2.45, 2.75) is 6.61 Å². The van der Waals surface area contributed by atoms with E-state index in [2.05, 4.69) is 10.3 Å². The van der Waals surface area contributed by atoms with Crippen LogP contribution in [0.1, 0.15) is 5.56 Å². The number of nitrogens with one attached hydrogen (secondary N) is 1. The molecule has 0 spiro atoms. The summed E-state index contributed by atoms with van der Waals surface area (Å²) in [7, 11) is 3.08. The third kappa shape index (κ3) is 4.10. The van der Waals surface area contributed by atoms with Crippen LogP contribution in [0.5, 0.6) is 11.5 Å². The third-order valence-corrected chi connectivity index (χ3v) is 2.75. The molecule has 0 atom stereocenters. The monoisotopic (exact) mass is 288 g/mol. The van der Waals surface area contributed by atoms with Gasteiger partial charge in [-0.2, -0.15) is 0 Å². The summed E-state index contributed by atoms with van der Waals surface area (Å²) in [4.78, 5) is 15.6. The molecule has 0 saturated carbocycles. The molecule has 0 aliphatic heterocycles. The summed E-state index contributed by atoms with van der Waals surface area (Å²) in [6, 6.07) is 8.63. The fraction of sp³-hybridized carbons (Fsp3) is 0.200. The van der Waals surface area contributed by atoms with Crippen molar-refractivity contribution < 1.29 is 19.0 Å². The highest BCUT2D eigenvalue weighted by molar-refractivity contribution is 5.85. The molecule has 0 aliphatic rings. The fourth-order valence-electron chi connectivity index (χ4n) is 1.70. The van der Waals surface area contributed by atoms with E-state index in [1.165, 1.54) is 7.11 Å². The van der Waals surface area contributed by atoms with Crippen molar-refractivity contribution in [1.29, 1.82) is 0 Å². The van der Waals surface area contributed by atoms with E-state index in [1.54, 1.807) is 49.8 Å². The number of nitrogens with zero attached hydrogens (tertiary/aromatic N) is 1. The average Bonchev–Trinajstić information content (AvgIpc) is 2.53. The molecule has 1 N–H and O–H groups in total. The van der Waals surface area contributed by atoms with Crippen molar-refractivity contribution in [1.82, 2.24) is 4.98 Å². The van der Waals surface area contributed by atoms with Gasteiger partial charge >= 0.3 is 6.09 Å². The summed E-state index contributed by atoms with van der Waals surface area (Å²) >= 11 is 0. The molecule has 6 heteroatoms. The summed E-state index contributed by atoms with van der Waals surface area (Å²) in [5.74, 6) is 1.12. The number of methoxy groups -OCH3 is 2. The summed E-state index contributed by atoms with van der Waals surface area (Å²) < 4.78 is 15.4. The van der Waals surface area contributed by atoms with Gasteiger partial charge in [0.25, 0.3) is 0 Å². The van der Waals surface area contributed by atoms with E-state index in [0.717, 1.165) is 5.56 Å². The van der Waals surface area contributed by atoms with E-state index in [0.29, 0.717) is 17.2 Å². The number of pyridine rings is 1. The first-order valence-electron chi connectivity index (χ1n) is 6.27. The fourth-order valence-corrected chi connectivity index (χ4v) is 1.70. The Morgan fingerprint density at radius 1 is 1.10 bits per heavy atom. The van der Waals surface area contributed by atoms with Crippen LogP contribution in [-0.2, 0) is 11.3 Å². The number of aromatic nitrogens is 1. The Morgan fingerprint density at radius 3 is 2.48 bits per heavy atom. The number of carbonyl (C=O) groups is 1. The Balaban J connectivity index is 1.93. The molecule has 0 fully saturated rings. The van der Waals surface area contributed by atoms with E-state index in [1.807, 2.05) is 0 Å². The van der Waals surface area contributed by atoms with Crippen LogP contribution in [0.15, 0.2) is 42.7 Å². The lowest BCUT2D eigenvalue weighted by Gasteiger charge is -2.11. The van der Waals surface area contributed by atoms with Crippen LogP contribution in [0, 0.1) is 0 Å². The molecule has 0 unspecified atom stereocenters. The predicted octanol–water partition coefficient (Wildman–Crippen LogP) is 2.85. The van der Waals surface area contributed by atoms with Crippen LogP contribution >= 0.6 is 0 Å². The molecule has 0 saturated heterocycles. The van der Waals surface area contributed by atoms with Crippen LogP contribution in [0.2, 0.25) is 0 Å². The van der Waals surface area contributed by atoms with Crippen LogP contribution in [0.25, 0.3) is 0 Å². The van der Waals surface area contributed by atoms with Gasteiger partial charge in [-0.1, -0.05) is 0 Å². The van der Waals surface area contributed by atoms with Crippen LogP contribution in [0.4, 0.5) is 10.5 Å². The molecular formula is C15H16N2O4. The van der Waals surface area contributed by atoms with Gasteiger partial charge in [-0.15, -0.1) is 0 Å². The van der Waals surface area contributed by atoms with Gasteiger partial charge in [0.2, 0.25) is 0 Å². The lowest BCUT2D eigenvalue weighted by atomic mass is 10.3. The Hall–Kier alpha value is -2.76. The van der Waals surface area contributed by atoms with Crippen molar-refractivity contribution in [2.24, 2.45) is 0 Å². The van der Waals surface area contributed by atoms with Crippen molar-refractivity contribution in [3.05, 3.63) is 48.3 Å². The minimum Gasteiger partial charge on any atom is -0.493 e. The van der Waals surface area contributed by atoms with Gasteiger partial charge in [0, 0.05) is 24.1 Å². The minimum atomic E-state index is -0.543. The number of hydrogen-bond acceptors (Lipinski definition) is 5. The molecule has 0 aliphatic carbocycles. The highest BCUT2D eigenvalue weighted by Crippen LogP contribution is 2.29. The quantitative estimate of drug-likeness (QED) is 0.916. The average molecular weight is 288 g/mol. The standard InChI is InChI=1S/C15H16N2O4/c1-19-13-4-3-12(9-14(13)20-2)17-15(18)21-10-11-5-7-16-8-6-11/h3-9H,10H2,1-2H3,(H,17,18). The summed E-state index contributed by atoms with van der Waals surface area (Å²) in [5.41, 5.74) is 1.43. The molecule has 2 aromatic rings. The number of amides is 1. The molecule has 110 valence electrons. The molecule has 0 bridgehead atoms. The van der Waals surface area contributed by atoms with Crippen LogP contribution in [-0.4, -0.2) is 25.3 Å². The molecule has 1 aromatic heterocycles. The predicted molar refractivity (Wildman–Crippen MR) is 77.6 cm³/mol. The number of benzene rings is 1.